The maximum Gasteiger partial charge on any atom is 1.00 e. The molecule has 0 unspecified atom stereocenters. The Bertz CT molecular complexity index is 2270. The van der Waals surface area contributed by atoms with Gasteiger partial charge in [-0.15, -0.1) is 0 Å². The molecule has 2 heterocycles. The summed E-state index contributed by atoms with van der Waals surface area (Å²) >= 11 is 12.2. The van der Waals surface area contributed by atoms with Gasteiger partial charge < -0.3 is 15.3 Å². The molecule has 9 rings (SSSR count). The number of aromatic nitrogens is 2. The van der Waals surface area contributed by atoms with E-state index in [9.17, 15) is 0 Å². The van der Waals surface area contributed by atoms with Crippen LogP contribution in [0.4, 0.5) is 0 Å². The third kappa shape index (κ3) is 12.5. The van der Waals surface area contributed by atoms with E-state index in [1.165, 1.54) is 31.8 Å². The van der Waals surface area contributed by atoms with Gasteiger partial charge in [0, 0.05) is 23.2 Å². The molecule has 0 radical (unpaired) electrons. The number of rotatable bonds is 6. The zero-order valence-electron chi connectivity index (χ0n) is 31.3. The summed E-state index contributed by atoms with van der Waals surface area (Å²) in [5, 5.41) is 26.3. The van der Waals surface area contributed by atoms with Crippen molar-refractivity contribution in [1.29, 1.82) is 0 Å². The van der Waals surface area contributed by atoms with Crippen LogP contribution < -0.4 is 31.8 Å². The largest absolute Gasteiger partial charge is 1.00 e. The first-order valence-corrected chi connectivity index (χ1v) is 21.5. The molecule has 0 atom stereocenters. The summed E-state index contributed by atoms with van der Waals surface area (Å²) < 4.78 is 0. The van der Waals surface area contributed by atoms with Gasteiger partial charge in [0.15, 0.2) is 0 Å². The van der Waals surface area contributed by atoms with Crippen molar-refractivity contribution in [2.45, 2.75) is 0 Å². The van der Waals surface area contributed by atoms with Crippen molar-refractivity contribution in [2.75, 3.05) is 0 Å². The van der Waals surface area contributed by atoms with Gasteiger partial charge in [-0.05, 0) is 59.8 Å². The Hall–Kier alpha value is -5.48. The normalized spacial score (nSPS) is 10.2. The van der Waals surface area contributed by atoms with Crippen molar-refractivity contribution in [3.8, 4) is 0 Å². The molecular weight excluding hydrogens is 863 g/mol. The van der Waals surface area contributed by atoms with Crippen LogP contribution in [-0.2, 0) is 17.1 Å². The Morgan fingerprint density at radius 3 is 0.780 bits per heavy atom. The van der Waals surface area contributed by atoms with Crippen LogP contribution in [0.15, 0.2) is 219 Å². The quantitative estimate of drug-likeness (QED) is 0.0545. The minimum atomic E-state index is -1.75. The van der Waals surface area contributed by atoms with Crippen LogP contribution in [0.2, 0.25) is 10.0 Å². The van der Waals surface area contributed by atoms with Crippen LogP contribution in [-0.4, -0.2) is 15.1 Å². The first-order chi connectivity index (χ1) is 28.4. The second-order valence-corrected chi connectivity index (χ2v) is 17.6. The van der Waals surface area contributed by atoms with Crippen LogP contribution >= 0.6 is 39.0 Å². The van der Waals surface area contributed by atoms with Crippen molar-refractivity contribution < 1.29 is 22.2 Å². The zero-order valence-corrected chi connectivity index (χ0v) is 35.5. The first-order valence-electron chi connectivity index (χ1n) is 18.1. The van der Waals surface area contributed by atoms with Crippen LogP contribution in [0, 0.1) is 15.3 Å². The van der Waals surface area contributed by atoms with Crippen LogP contribution in [0.5, 0.6) is 0 Å². The maximum atomic E-state index is 8.25. The summed E-state index contributed by atoms with van der Waals surface area (Å²) in [6, 6.07) is 72.0. The average molecular weight is 899 g/mol. The number of benzene rings is 7. The number of pyridine rings is 2. The van der Waals surface area contributed by atoms with Crippen LogP contribution in [0.25, 0.3) is 21.8 Å². The minimum absolute atomic E-state index is 0. The second-order valence-electron chi connectivity index (χ2n) is 12.4. The summed E-state index contributed by atoms with van der Waals surface area (Å²) in [5.41, 5.74) is 1.57. The number of hydrogen-bond acceptors (Lipinski definition) is 5. The van der Waals surface area contributed by atoms with E-state index in [4.69, 9.17) is 38.5 Å². The van der Waals surface area contributed by atoms with Gasteiger partial charge in [-0.2, -0.15) is 0 Å². The molecular formula is C48H36Cl2CuN3O3P2. The number of hydrogen-bond donors (Lipinski definition) is 0. The van der Waals surface area contributed by atoms with E-state index in [0.717, 1.165) is 21.8 Å². The molecule has 6 nitrogen and oxygen atoms in total. The van der Waals surface area contributed by atoms with E-state index in [0.29, 0.717) is 10.0 Å². The van der Waals surface area contributed by atoms with Crippen LogP contribution in [0.1, 0.15) is 0 Å². The fourth-order valence-electron chi connectivity index (χ4n) is 6.12. The predicted molar refractivity (Wildman–Crippen MR) is 248 cm³/mol. The Kier molecular flexibility index (Phi) is 17.5. The molecule has 0 aliphatic carbocycles. The van der Waals surface area contributed by atoms with E-state index in [2.05, 4.69) is 192 Å². The Balaban J connectivity index is 0.000000160. The Labute approximate surface area is 366 Å². The van der Waals surface area contributed by atoms with Gasteiger partial charge >= 0.3 is 17.1 Å². The molecule has 7 aromatic carbocycles. The Morgan fingerprint density at radius 1 is 0.373 bits per heavy atom. The van der Waals surface area contributed by atoms with Gasteiger partial charge in [0.05, 0.1) is 26.2 Å². The molecule has 0 aliphatic rings. The Morgan fingerprint density at radius 2 is 0.576 bits per heavy atom. The fourth-order valence-corrected chi connectivity index (χ4v) is 11.1. The smallest absolute Gasteiger partial charge is 0.356 e. The number of nitrogens with zero attached hydrogens (tertiary/aromatic N) is 3. The molecule has 0 bridgehead atoms. The summed E-state index contributed by atoms with van der Waals surface area (Å²) in [6.07, 6.45) is 3.35. The number of fused-ring (bicyclic) bond motifs is 3. The molecule has 0 N–H and O–H groups in total. The standard InChI is InChI=1S/2C18H15P.C12H6Cl2N2.Cu.NO3/c2*1-4-10-16(11-5-1)19(17-12-6-2-7-13-17)18-14-8-3-9-15-18;13-9-3-5-15-11-7(9)1-2-8-10(14)4-6-16-12(8)11;;2-1(3)4/h2*1-15H;1-6H;;/q;;;+1;-1. The van der Waals surface area contributed by atoms with Gasteiger partial charge in [0.2, 0.25) is 0 Å². The third-order valence-corrected chi connectivity index (χ3v) is 14.1. The second kappa shape index (κ2) is 23.2. The van der Waals surface area contributed by atoms with E-state index in [-0.39, 0.29) is 17.1 Å². The van der Waals surface area contributed by atoms with Crippen LogP contribution in [0.3, 0.4) is 0 Å². The molecule has 9 aromatic rings. The summed E-state index contributed by atoms with van der Waals surface area (Å²) in [7, 11) is -0.892. The van der Waals surface area contributed by atoms with Crippen molar-refractivity contribution in [3.63, 3.8) is 0 Å². The topological polar surface area (TPSA) is 92.0 Å². The predicted octanol–water partition coefficient (Wildman–Crippen LogP) is 10.7. The van der Waals surface area contributed by atoms with Crippen molar-refractivity contribution in [1.82, 2.24) is 9.97 Å². The molecule has 296 valence electrons. The van der Waals surface area contributed by atoms with E-state index in [1.54, 1.807) is 24.5 Å². The molecule has 0 saturated heterocycles. The molecule has 11 heteroatoms. The molecule has 0 aliphatic heterocycles. The SMILES string of the molecule is Clc1ccnc2c1ccc1c(Cl)ccnc12.O=[N+]([O-])[O-].[Cu+].c1ccc(P(c2ccccc2)c2ccccc2)cc1.c1ccc(P(c2ccccc2)c2ccccc2)cc1. The molecule has 59 heavy (non-hydrogen) atoms. The van der Waals surface area contributed by atoms with E-state index < -0.39 is 20.9 Å². The monoisotopic (exact) mass is 897 g/mol. The van der Waals surface area contributed by atoms with Gasteiger partial charge in [-0.25, -0.2) is 0 Å². The first kappa shape index (κ1) is 44.6. The van der Waals surface area contributed by atoms with Gasteiger partial charge in [-0.3, -0.25) is 9.97 Å². The third-order valence-electron chi connectivity index (χ3n) is 8.60. The molecule has 0 saturated carbocycles. The minimum Gasteiger partial charge on any atom is -0.356 e. The van der Waals surface area contributed by atoms with Crippen molar-refractivity contribution in [3.05, 3.63) is 244 Å². The zero-order chi connectivity index (χ0) is 40.5. The molecule has 0 amide bonds. The average Bonchev–Trinajstić information content (AvgIpc) is 3.27. The number of halogens is 2. The summed E-state index contributed by atoms with van der Waals surface area (Å²) in [4.78, 5) is 16.9. The molecule has 0 spiro atoms. The van der Waals surface area contributed by atoms with E-state index >= 15 is 0 Å². The maximum absolute atomic E-state index is 8.25. The summed E-state index contributed by atoms with van der Waals surface area (Å²) in [6.45, 7) is 0. The van der Waals surface area contributed by atoms with Crippen molar-refractivity contribution >= 4 is 92.7 Å². The molecule has 0 fully saturated rings. The van der Waals surface area contributed by atoms with Gasteiger partial charge in [0.1, 0.15) is 0 Å². The fraction of sp³-hybridized carbons (Fsp3) is 0. The van der Waals surface area contributed by atoms with Crippen molar-refractivity contribution in [2.24, 2.45) is 0 Å². The summed E-state index contributed by atoms with van der Waals surface area (Å²) in [5.74, 6) is 0. The van der Waals surface area contributed by atoms with Gasteiger partial charge in [0.25, 0.3) is 0 Å². The van der Waals surface area contributed by atoms with Gasteiger partial charge in [-0.1, -0.05) is 217 Å². The van der Waals surface area contributed by atoms with E-state index in [1.807, 2.05) is 12.1 Å². The molecule has 2 aromatic heterocycles.